The van der Waals surface area contributed by atoms with E-state index < -0.39 is 0 Å². The molecule has 2 saturated heterocycles. The Kier molecular flexibility index (Phi) is 4.27. The van der Waals surface area contributed by atoms with Crippen LogP contribution in [0, 0.1) is 5.92 Å². The van der Waals surface area contributed by atoms with Gasteiger partial charge >= 0.3 is 0 Å². The molecule has 2 fully saturated rings. The Morgan fingerprint density at radius 3 is 2.92 bits per heavy atom. The molecule has 2 bridgehead atoms. The maximum absolute atomic E-state index is 12.5. The molecule has 2 amide bonds. The molecule has 3 heterocycles. The quantitative estimate of drug-likeness (QED) is 0.881. The van der Waals surface area contributed by atoms with Gasteiger partial charge in [0.05, 0.1) is 4.88 Å². The maximum Gasteiger partial charge on any atom is 0.280 e. The van der Waals surface area contributed by atoms with E-state index in [0.717, 1.165) is 35.8 Å². The van der Waals surface area contributed by atoms with Crippen LogP contribution in [0.2, 0.25) is 0 Å². The molecule has 4 rings (SSSR count). The number of carbonyl (C=O) groups is 2. The number of thiazole rings is 1. The molecule has 2 aromatic rings. The van der Waals surface area contributed by atoms with Gasteiger partial charge in [-0.1, -0.05) is 12.1 Å². The van der Waals surface area contributed by atoms with Gasteiger partial charge in [0, 0.05) is 37.9 Å². The number of carbonyl (C=O) groups excluding carboxylic acids is 2. The van der Waals surface area contributed by atoms with Crippen LogP contribution in [0.3, 0.4) is 0 Å². The first-order valence-corrected chi connectivity index (χ1v) is 9.27. The first kappa shape index (κ1) is 16.2. The zero-order valence-corrected chi connectivity index (χ0v) is 14.8. The highest BCUT2D eigenvalue weighted by Gasteiger charge is 2.38. The Hall–Kier alpha value is -2.25. The van der Waals surface area contributed by atoms with Crippen molar-refractivity contribution in [2.24, 2.45) is 5.92 Å². The van der Waals surface area contributed by atoms with Gasteiger partial charge in [-0.15, -0.1) is 11.3 Å². The van der Waals surface area contributed by atoms with Crippen LogP contribution in [-0.4, -0.2) is 47.4 Å². The van der Waals surface area contributed by atoms with Gasteiger partial charge in [-0.25, -0.2) is 4.98 Å². The van der Waals surface area contributed by atoms with Gasteiger partial charge in [0.25, 0.3) is 5.91 Å². The SMILES string of the molecule is CC(=O)Nc1cccc(-c2cnc(C(=O)NC3CN4CC[C@H]3C4)s2)c1. The summed E-state index contributed by atoms with van der Waals surface area (Å²) in [5.74, 6) is 0.383. The van der Waals surface area contributed by atoms with Gasteiger partial charge in [-0.2, -0.15) is 0 Å². The monoisotopic (exact) mass is 356 g/mol. The van der Waals surface area contributed by atoms with Crippen molar-refractivity contribution in [1.29, 1.82) is 0 Å². The lowest BCUT2D eigenvalue weighted by Gasteiger charge is -2.22. The van der Waals surface area contributed by atoms with E-state index in [2.05, 4.69) is 20.5 Å². The fourth-order valence-corrected chi connectivity index (χ4v) is 4.46. The Morgan fingerprint density at radius 1 is 1.32 bits per heavy atom. The van der Waals surface area contributed by atoms with Gasteiger partial charge < -0.3 is 15.5 Å². The summed E-state index contributed by atoms with van der Waals surface area (Å²) in [5.41, 5.74) is 1.68. The minimum atomic E-state index is -0.108. The van der Waals surface area contributed by atoms with Crippen LogP contribution >= 0.6 is 11.3 Å². The molecule has 0 radical (unpaired) electrons. The lowest BCUT2D eigenvalue weighted by molar-refractivity contribution is -0.114. The second kappa shape index (κ2) is 6.57. The van der Waals surface area contributed by atoms with E-state index >= 15 is 0 Å². The predicted molar refractivity (Wildman–Crippen MR) is 97.7 cm³/mol. The number of rotatable bonds is 4. The summed E-state index contributed by atoms with van der Waals surface area (Å²) in [6.07, 6.45) is 2.89. The summed E-state index contributed by atoms with van der Waals surface area (Å²) >= 11 is 1.38. The van der Waals surface area contributed by atoms with Crippen LogP contribution in [0.1, 0.15) is 23.1 Å². The van der Waals surface area contributed by atoms with Crippen LogP contribution in [0.15, 0.2) is 30.5 Å². The first-order chi connectivity index (χ1) is 12.1. The number of hydrogen-bond acceptors (Lipinski definition) is 5. The molecule has 7 heteroatoms. The highest BCUT2D eigenvalue weighted by atomic mass is 32.1. The second-order valence-corrected chi connectivity index (χ2v) is 7.71. The zero-order valence-electron chi connectivity index (χ0n) is 14.0. The second-order valence-electron chi connectivity index (χ2n) is 6.68. The van der Waals surface area contributed by atoms with Gasteiger partial charge in [0.15, 0.2) is 5.01 Å². The topological polar surface area (TPSA) is 74.3 Å². The van der Waals surface area contributed by atoms with Crippen molar-refractivity contribution in [1.82, 2.24) is 15.2 Å². The molecule has 0 saturated carbocycles. The minimum absolute atomic E-state index is 0.0898. The third kappa shape index (κ3) is 3.43. The average molecular weight is 356 g/mol. The number of hydrogen-bond donors (Lipinski definition) is 2. The summed E-state index contributed by atoms with van der Waals surface area (Å²) in [6.45, 7) is 4.69. The number of nitrogens with zero attached hydrogens (tertiary/aromatic N) is 2. The predicted octanol–water partition coefficient (Wildman–Crippen LogP) is 2.20. The molecule has 2 aliphatic rings. The molecule has 0 spiro atoms. The number of benzene rings is 1. The number of amides is 2. The average Bonchev–Trinajstić information content (AvgIpc) is 3.31. The summed E-state index contributed by atoms with van der Waals surface area (Å²) in [4.78, 5) is 31.3. The normalized spacial score (nSPS) is 24.3. The third-order valence-corrected chi connectivity index (χ3v) is 5.86. The van der Waals surface area contributed by atoms with Crippen molar-refractivity contribution in [3.8, 4) is 10.4 Å². The Bertz CT molecular complexity index is 819. The van der Waals surface area contributed by atoms with Crippen molar-refractivity contribution >= 4 is 28.8 Å². The molecular formula is C18H20N4O2S. The van der Waals surface area contributed by atoms with Gasteiger partial charge in [0.2, 0.25) is 5.91 Å². The molecule has 2 aliphatic heterocycles. The van der Waals surface area contributed by atoms with Crippen LogP contribution < -0.4 is 10.6 Å². The van der Waals surface area contributed by atoms with E-state index in [9.17, 15) is 9.59 Å². The van der Waals surface area contributed by atoms with Crippen LogP contribution in [0.4, 0.5) is 5.69 Å². The summed E-state index contributed by atoms with van der Waals surface area (Å²) < 4.78 is 0. The van der Waals surface area contributed by atoms with E-state index in [4.69, 9.17) is 0 Å². The number of aromatic nitrogens is 1. The van der Waals surface area contributed by atoms with Gasteiger partial charge in [-0.05, 0) is 36.6 Å². The number of fused-ring (bicyclic) bond motifs is 2. The number of anilines is 1. The molecule has 0 aliphatic carbocycles. The van der Waals surface area contributed by atoms with E-state index in [1.54, 1.807) is 6.20 Å². The molecule has 2 N–H and O–H groups in total. The molecule has 25 heavy (non-hydrogen) atoms. The molecule has 3 atom stereocenters. The minimum Gasteiger partial charge on any atom is -0.346 e. The van der Waals surface area contributed by atoms with E-state index in [1.807, 2.05) is 24.3 Å². The molecule has 1 aromatic carbocycles. The van der Waals surface area contributed by atoms with Crippen molar-refractivity contribution < 1.29 is 9.59 Å². The number of nitrogens with one attached hydrogen (secondary N) is 2. The highest BCUT2D eigenvalue weighted by Crippen LogP contribution is 2.30. The fraction of sp³-hybridized carbons (Fsp3) is 0.389. The molecule has 130 valence electrons. The molecule has 1 aromatic heterocycles. The third-order valence-electron chi connectivity index (χ3n) is 4.82. The first-order valence-electron chi connectivity index (χ1n) is 8.45. The molecule has 6 nitrogen and oxygen atoms in total. The Morgan fingerprint density at radius 2 is 2.20 bits per heavy atom. The Balaban J connectivity index is 1.46. The highest BCUT2D eigenvalue weighted by molar-refractivity contribution is 7.17. The Labute approximate surface area is 150 Å². The van der Waals surface area contributed by atoms with Gasteiger partial charge in [0.1, 0.15) is 0 Å². The molecular weight excluding hydrogens is 336 g/mol. The van der Waals surface area contributed by atoms with Crippen molar-refractivity contribution in [2.75, 3.05) is 25.0 Å². The van der Waals surface area contributed by atoms with Crippen molar-refractivity contribution in [3.63, 3.8) is 0 Å². The van der Waals surface area contributed by atoms with Crippen LogP contribution in [0.5, 0.6) is 0 Å². The van der Waals surface area contributed by atoms with E-state index in [-0.39, 0.29) is 17.9 Å². The standard InChI is InChI=1S/C18H20N4O2S/c1-11(23)20-14-4-2-3-12(7-14)16-8-19-18(25-16)17(24)21-15-10-22-6-5-13(15)9-22/h2-4,7-8,13,15H,5-6,9-10H2,1H3,(H,20,23)(H,21,24)/t13-,15?/m0/s1. The van der Waals surface area contributed by atoms with Crippen LogP contribution in [-0.2, 0) is 4.79 Å². The lowest BCUT2D eigenvalue weighted by atomic mass is 10.0. The molecule has 2 unspecified atom stereocenters. The maximum atomic E-state index is 12.5. The largest absolute Gasteiger partial charge is 0.346 e. The summed E-state index contributed by atoms with van der Waals surface area (Å²) in [6, 6.07) is 7.80. The summed E-state index contributed by atoms with van der Waals surface area (Å²) in [7, 11) is 0. The lowest BCUT2D eigenvalue weighted by Crippen LogP contribution is -2.43. The van der Waals surface area contributed by atoms with Crippen LogP contribution in [0.25, 0.3) is 10.4 Å². The number of piperidine rings is 1. The summed E-state index contributed by atoms with van der Waals surface area (Å²) in [5, 5.41) is 6.39. The van der Waals surface area contributed by atoms with Crippen molar-refractivity contribution in [2.45, 2.75) is 19.4 Å². The zero-order chi connectivity index (χ0) is 17.4. The van der Waals surface area contributed by atoms with E-state index in [1.165, 1.54) is 24.7 Å². The van der Waals surface area contributed by atoms with E-state index in [0.29, 0.717) is 10.9 Å². The fourth-order valence-electron chi connectivity index (χ4n) is 3.64. The smallest absolute Gasteiger partial charge is 0.280 e. The van der Waals surface area contributed by atoms with Gasteiger partial charge in [-0.3, -0.25) is 9.59 Å². The van der Waals surface area contributed by atoms with Crippen molar-refractivity contribution in [3.05, 3.63) is 35.5 Å².